The van der Waals surface area contributed by atoms with Gasteiger partial charge in [0.2, 0.25) is 9.84 Å². The quantitative estimate of drug-likeness (QED) is 0.847. The van der Waals surface area contributed by atoms with Gasteiger partial charge in [-0.3, -0.25) is 4.79 Å². The molecular weight excluding hydrogens is 340 g/mol. The van der Waals surface area contributed by atoms with Crippen molar-refractivity contribution in [2.45, 2.75) is 29.0 Å². The van der Waals surface area contributed by atoms with Gasteiger partial charge in [-0.05, 0) is 31.0 Å². The SMILES string of the molecule is O=C(O)[C@@H]1C[C@H](CC(F)(F)S(=O)(=O)c2ccccc2Cl)CN1. The maximum atomic E-state index is 14.2. The largest absolute Gasteiger partial charge is 0.480 e. The van der Waals surface area contributed by atoms with E-state index in [4.69, 9.17) is 16.7 Å². The molecule has 0 saturated carbocycles. The first-order valence-electron chi connectivity index (χ1n) is 6.48. The summed E-state index contributed by atoms with van der Waals surface area (Å²) in [5.74, 6) is -1.88. The summed E-state index contributed by atoms with van der Waals surface area (Å²) in [5, 5.41) is 7.11. The van der Waals surface area contributed by atoms with Crippen LogP contribution in [0, 0.1) is 5.92 Å². The Labute approximate surface area is 131 Å². The van der Waals surface area contributed by atoms with Gasteiger partial charge in [0.1, 0.15) is 6.04 Å². The Morgan fingerprint density at radius 3 is 2.59 bits per heavy atom. The molecule has 1 heterocycles. The highest BCUT2D eigenvalue weighted by Crippen LogP contribution is 2.39. The molecule has 0 aromatic heterocycles. The molecule has 1 fully saturated rings. The molecule has 5 nitrogen and oxygen atoms in total. The number of hydrogen-bond acceptors (Lipinski definition) is 4. The molecule has 9 heteroatoms. The van der Waals surface area contributed by atoms with Gasteiger partial charge in [0.05, 0.1) is 9.92 Å². The summed E-state index contributed by atoms with van der Waals surface area (Å²) in [6, 6.07) is 4.08. The van der Waals surface area contributed by atoms with Crippen LogP contribution in [-0.4, -0.2) is 37.3 Å². The maximum Gasteiger partial charge on any atom is 0.350 e. The van der Waals surface area contributed by atoms with Gasteiger partial charge in [-0.2, -0.15) is 8.78 Å². The fourth-order valence-corrected chi connectivity index (χ4v) is 4.22. The van der Waals surface area contributed by atoms with Gasteiger partial charge in [-0.25, -0.2) is 8.42 Å². The number of halogens is 3. The molecule has 0 bridgehead atoms. The van der Waals surface area contributed by atoms with Crippen LogP contribution in [0.1, 0.15) is 12.8 Å². The van der Waals surface area contributed by atoms with E-state index in [1.807, 2.05) is 0 Å². The molecule has 2 atom stereocenters. The number of rotatable bonds is 5. The smallest absolute Gasteiger partial charge is 0.350 e. The first-order valence-corrected chi connectivity index (χ1v) is 8.34. The number of carboxylic acids is 1. The molecule has 1 aromatic rings. The van der Waals surface area contributed by atoms with E-state index in [0.717, 1.165) is 6.07 Å². The summed E-state index contributed by atoms with van der Waals surface area (Å²) in [6.45, 7) is 0.0323. The van der Waals surface area contributed by atoms with Crippen LogP contribution in [0.4, 0.5) is 8.78 Å². The van der Waals surface area contributed by atoms with Gasteiger partial charge in [0.15, 0.2) is 0 Å². The highest BCUT2D eigenvalue weighted by molar-refractivity contribution is 7.92. The summed E-state index contributed by atoms with van der Waals surface area (Å²) in [7, 11) is -4.93. The lowest BCUT2D eigenvalue weighted by Gasteiger charge is -2.20. The van der Waals surface area contributed by atoms with Gasteiger partial charge in [0, 0.05) is 6.42 Å². The number of carboxylic acid groups (broad SMARTS) is 1. The summed E-state index contributed by atoms with van der Waals surface area (Å²) >= 11 is 5.69. The molecular formula is C13H14ClF2NO4S. The van der Waals surface area contributed by atoms with Crippen LogP contribution >= 0.6 is 11.6 Å². The molecule has 0 radical (unpaired) electrons. The van der Waals surface area contributed by atoms with E-state index < -0.39 is 44.3 Å². The van der Waals surface area contributed by atoms with Crippen LogP contribution in [0.15, 0.2) is 29.2 Å². The normalized spacial score (nSPS) is 22.7. The van der Waals surface area contributed by atoms with Crippen molar-refractivity contribution < 1.29 is 27.1 Å². The van der Waals surface area contributed by atoms with Crippen molar-refractivity contribution in [1.82, 2.24) is 5.32 Å². The van der Waals surface area contributed by atoms with E-state index in [1.165, 1.54) is 18.2 Å². The number of nitrogens with one attached hydrogen (secondary N) is 1. The lowest BCUT2D eigenvalue weighted by Crippen LogP contribution is -2.32. The summed E-state index contributed by atoms with van der Waals surface area (Å²) in [6.07, 6.45) is -0.986. The van der Waals surface area contributed by atoms with Crippen LogP contribution in [0.3, 0.4) is 0 Å². The van der Waals surface area contributed by atoms with Gasteiger partial charge in [-0.15, -0.1) is 0 Å². The predicted octanol–water partition coefficient (Wildman–Crippen LogP) is 2.16. The first-order chi connectivity index (χ1) is 10.1. The average Bonchev–Trinajstić information content (AvgIpc) is 2.86. The number of alkyl halides is 2. The topological polar surface area (TPSA) is 83.5 Å². The predicted molar refractivity (Wildman–Crippen MR) is 75.7 cm³/mol. The Balaban J connectivity index is 2.20. The molecule has 1 saturated heterocycles. The summed E-state index contributed by atoms with van der Waals surface area (Å²) < 4.78 is 52.7. The molecule has 0 amide bonds. The highest BCUT2D eigenvalue weighted by atomic mass is 35.5. The lowest BCUT2D eigenvalue weighted by molar-refractivity contribution is -0.139. The molecule has 2 N–H and O–H groups in total. The first kappa shape index (κ1) is 17.1. The lowest BCUT2D eigenvalue weighted by atomic mass is 10.0. The molecule has 2 rings (SSSR count). The van der Waals surface area contributed by atoms with Gasteiger partial charge >= 0.3 is 11.2 Å². The minimum absolute atomic E-state index is 0.0323. The number of sulfone groups is 1. The number of carbonyl (C=O) groups is 1. The second-order valence-electron chi connectivity index (χ2n) is 5.18. The second kappa shape index (κ2) is 6.10. The van der Waals surface area contributed by atoms with Crippen LogP contribution in [0.2, 0.25) is 5.02 Å². The third-order valence-corrected chi connectivity index (χ3v) is 5.90. The van der Waals surface area contributed by atoms with E-state index in [0.29, 0.717) is 0 Å². The van der Waals surface area contributed by atoms with Crippen molar-refractivity contribution in [3.05, 3.63) is 29.3 Å². The zero-order valence-corrected chi connectivity index (χ0v) is 12.9. The van der Waals surface area contributed by atoms with E-state index in [9.17, 15) is 22.0 Å². The Morgan fingerprint density at radius 1 is 1.41 bits per heavy atom. The third-order valence-electron chi connectivity index (χ3n) is 3.57. The maximum absolute atomic E-state index is 14.2. The molecule has 1 aliphatic heterocycles. The molecule has 22 heavy (non-hydrogen) atoms. The van der Waals surface area contributed by atoms with Crippen molar-refractivity contribution in [3.63, 3.8) is 0 Å². The van der Waals surface area contributed by atoms with Crippen molar-refractivity contribution in [2.75, 3.05) is 6.54 Å². The fourth-order valence-electron chi connectivity index (χ4n) is 2.42. The van der Waals surface area contributed by atoms with Gasteiger partial charge < -0.3 is 10.4 Å². The highest BCUT2D eigenvalue weighted by Gasteiger charge is 2.49. The number of aliphatic carboxylic acids is 1. The molecule has 0 aliphatic carbocycles. The molecule has 0 unspecified atom stereocenters. The van der Waals surface area contributed by atoms with Gasteiger partial charge in [-0.1, -0.05) is 23.7 Å². The van der Waals surface area contributed by atoms with E-state index in [2.05, 4.69) is 5.32 Å². The van der Waals surface area contributed by atoms with E-state index >= 15 is 0 Å². The van der Waals surface area contributed by atoms with E-state index in [-0.39, 0.29) is 18.0 Å². The third kappa shape index (κ3) is 3.23. The zero-order valence-electron chi connectivity index (χ0n) is 11.3. The molecule has 1 aliphatic rings. The molecule has 0 spiro atoms. The number of hydrogen-bond donors (Lipinski definition) is 2. The van der Waals surface area contributed by atoms with Crippen LogP contribution in [0.5, 0.6) is 0 Å². The van der Waals surface area contributed by atoms with Crippen LogP contribution < -0.4 is 5.32 Å². The van der Waals surface area contributed by atoms with Gasteiger partial charge in [0.25, 0.3) is 0 Å². The Bertz CT molecular complexity index is 680. The summed E-state index contributed by atoms with van der Waals surface area (Å²) in [4.78, 5) is 10.2. The van der Waals surface area contributed by atoms with Crippen molar-refractivity contribution in [1.29, 1.82) is 0 Å². The summed E-state index contributed by atoms with van der Waals surface area (Å²) in [5.41, 5.74) is 0. The van der Waals surface area contributed by atoms with Crippen molar-refractivity contribution in [2.24, 2.45) is 5.92 Å². The molecule has 1 aromatic carbocycles. The second-order valence-corrected chi connectivity index (χ2v) is 7.63. The molecule has 122 valence electrons. The van der Waals surface area contributed by atoms with E-state index in [1.54, 1.807) is 0 Å². The minimum Gasteiger partial charge on any atom is -0.480 e. The standard InChI is InChI=1S/C13H14ClF2NO4S/c14-9-3-1-2-4-11(9)22(20,21)13(15,16)6-8-5-10(12(18)19)17-7-8/h1-4,8,10,17H,5-7H2,(H,18,19)/t8-,10+/m1/s1. The average molecular weight is 354 g/mol. The minimum atomic E-state index is -4.93. The Morgan fingerprint density at radius 2 is 2.05 bits per heavy atom. The van der Waals surface area contributed by atoms with Crippen LogP contribution in [0.25, 0.3) is 0 Å². The Kier molecular flexibility index (Phi) is 4.74. The fraction of sp³-hybridized carbons (Fsp3) is 0.462. The monoisotopic (exact) mass is 353 g/mol. The van der Waals surface area contributed by atoms with Crippen molar-refractivity contribution in [3.8, 4) is 0 Å². The number of benzene rings is 1. The van der Waals surface area contributed by atoms with Crippen molar-refractivity contribution >= 4 is 27.4 Å². The van der Waals surface area contributed by atoms with Crippen LogP contribution in [-0.2, 0) is 14.6 Å². The zero-order chi connectivity index (χ0) is 16.5. The Hall–Kier alpha value is -1.25.